The number of sulfonamides is 1. The Balaban J connectivity index is 1.60. The topological polar surface area (TPSA) is 63.7 Å². The summed E-state index contributed by atoms with van der Waals surface area (Å²) in [7, 11) is -4.10. The van der Waals surface area contributed by atoms with E-state index in [0.29, 0.717) is 11.6 Å². The normalized spacial score (nSPS) is 19.4. The lowest BCUT2D eigenvalue weighted by Gasteiger charge is -2.37. The number of carbonyl (C=O) groups excluding carboxylic acids is 1. The van der Waals surface area contributed by atoms with Gasteiger partial charge in [-0.3, -0.25) is 0 Å². The molecule has 2 heterocycles. The minimum Gasteiger partial charge on any atom is -0.450 e. The van der Waals surface area contributed by atoms with E-state index in [1.165, 1.54) is 0 Å². The van der Waals surface area contributed by atoms with Gasteiger partial charge in [0.1, 0.15) is 22.1 Å². The molecule has 136 valence electrons. The van der Waals surface area contributed by atoms with E-state index in [2.05, 4.69) is 0 Å². The van der Waals surface area contributed by atoms with Crippen molar-refractivity contribution in [2.75, 3.05) is 13.1 Å². The summed E-state index contributed by atoms with van der Waals surface area (Å²) < 4.78 is 59.1. The number of nitrogens with zero attached hydrogens (tertiary/aromatic N) is 1. The summed E-state index contributed by atoms with van der Waals surface area (Å²) in [6.07, 6.45) is 0.551. The average molecular weight is 379 g/mol. The lowest BCUT2D eigenvalue weighted by Crippen LogP contribution is -2.45. The van der Waals surface area contributed by atoms with Crippen LogP contribution in [0.1, 0.15) is 28.8 Å². The molecule has 2 aliphatic heterocycles. The molecule has 1 fully saturated rings. The van der Waals surface area contributed by atoms with Crippen molar-refractivity contribution in [2.45, 2.75) is 23.3 Å². The third kappa shape index (κ3) is 2.52. The van der Waals surface area contributed by atoms with Gasteiger partial charge in [-0.2, -0.15) is 4.31 Å². The number of hydrogen-bond donors (Lipinski definition) is 0. The number of esters is 1. The fourth-order valence-corrected chi connectivity index (χ4v) is 5.12. The first-order valence-electron chi connectivity index (χ1n) is 8.12. The zero-order chi connectivity index (χ0) is 18.5. The number of fused-ring (bicyclic) bond motifs is 2. The van der Waals surface area contributed by atoms with E-state index in [9.17, 15) is 22.0 Å². The number of hydrogen-bond acceptors (Lipinski definition) is 4. The SMILES string of the molecule is O=C1OC2(CCN(S(=O)(=O)c3ccc(F)cc3F)CC2)c2ccccc21. The highest BCUT2D eigenvalue weighted by Crippen LogP contribution is 2.44. The van der Waals surface area contributed by atoms with Gasteiger partial charge in [-0.15, -0.1) is 0 Å². The van der Waals surface area contributed by atoms with Crippen LogP contribution in [0.5, 0.6) is 0 Å². The molecule has 0 atom stereocenters. The van der Waals surface area contributed by atoms with Crippen molar-refractivity contribution in [3.8, 4) is 0 Å². The molecular formula is C18H15F2NO4S. The molecule has 2 aromatic carbocycles. The van der Waals surface area contributed by atoms with Gasteiger partial charge < -0.3 is 4.74 Å². The first-order valence-corrected chi connectivity index (χ1v) is 9.56. The molecule has 26 heavy (non-hydrogen) atoms. The van der Waals surface area contributed by atoms with Crippen LogP contribution in [0.3, 0.4) is 0 Å². The van der Waals surface area contributed by atoms with E-state index in [1.54, 1.807) is 18.2 Å². The fourth-order valence-electron chi connectivity index (χ4n) is 3.63. The van der Waals surface area contributed by atoms with Crippen LogP contribution in [0.25, 0.3) is 0 Å². The molecule has 5 nitrogen and oxygen atoms in total. The Morgan fingerprint density at radius 3 is 2.42 bits per heavy atom. The smallest absolute Gasteiger partial charge is 0.339 e. The minimum atomic E-state index is -4.10. The van der Waals surface area contributed by atoms with Crippen LogP contribution in [-0.4, -0.2) is 31.8 Å². The van der Waals surface area contributed by atoms with Gasteiger partial charge in [-0.05, 0) is 18.2 Å². The highest BCUT2D eigenvalue weighted by Gasteiger charge is 2.48. The second-order valence-corrected chi connectivity index (χ2v) is 8.31. The molecular weight excluding hydrogens is 364 g/mol. The highest BCUT2D eigenvalue weighted by molar-refractivity contribution is 7.89. The number of rotatable bonds is 2. The molecule has 2 aliphatic rings. The summed E-state index contributed by atoms with van der Waals surface area (Å²) in [5.74, 6) is -2.38. The van der Waals surface area contributed by atoms with Gasteiger partial charge in [-0.1, -0.05) is 18.2 Å². The Bertz CT molecular complexity index is 998. The molecule has 0 radical (unpaired) electrons. The number of ether oxygens (including phenoxy) is 1. The zero-order valence-electron chi connectivity index (χ0n) is 13.6. The standard InChI is InChI=1S/C18H15F2NO4S/c19-12-5-6-16(15(20)11-12)26(23,24)21-9-7-18(8-10-21)14-4-2-1-3-13(14)17(22)25-18/h1-6,11H,7-10H2. The van der Waals surface area contributed by atoms with Gasteiger partial charge in [0.05, 0.1) is 5.56 Å². The maximum Gasteiger partial charge on any atom is 0.339 e. The third-order valence-corrected chi connectivity index (χ3v) is 6.90. The first kappa shape index (κ1) is 17.1. The molecule has 2 aromatic rings. The third-order valence-electron chi connectivity index (χ3n) is 4.97. The van der Waals surface area contributed by atoms with Gasteiger partial charge in [0.15, 0.2) is 0 Å². The zero-order valence-corrected chi connectivity index (χ0v) is 14.4. The van der Waals surface area contributed by atoms with E-state index in [0.717, 1.165) is 22.0 Å². The summed E-state index contributed by atoms with van der Waals surface area (Å²) >= 11 is 0. The molecule has 0 aromatic heterocycles. The average Bonchev–Trinajstić information content (AvgIpc) is 2.87. The van der Waals surface area contributed by atoms with Crippen LogP contribution in [0.4, 0.5) is 8.78 Å². The van der Waals surface area contributed by atoms with E-state index in [-0.39, 0.29) is 25.9 Å². The van der Waals surface area contributed by atoms with E-state index in [4.69, 9.17) is 4.74 Å². The van der Waals surface area contributed by atoms with Crippen molar-refractivity contribution >= 4 is 16.0 Å². The van der Waals surface area contributed by atoms with Gasteiger partial charge in [0.2, 0.25) is 10.0 Å². The lowest BCUT2D eigenvalue weighted by atomic mass is 9.84. The monoisotopic (exact) mass is 379 g/mol. The molecule has 0 amide bonds. The van der Waals surface area contributed by atoms with E-state index in [1.807, 2.05) is 6.07 Å². The summed E-state index contributed by atoms with van der Waals surface area (Å²) in [6, 6.07) is 9.43. The summed E-state index contributed by atoms with van der Waals surface area (Å²) in [4.78, 5) is 11.5. The number of carbonyl (C=O) groups is 1. The number of halogens is 2. The first-order chi connectivity index (χ1) is 12.3. The number of benzene rings is 2. The Morgan fingerprint density at radius 1 is 1.04 bits per heavy atom. The molecule has 0 N–H and O–H groups in total. The molecule has 1 spiro atoms. The van der Waals surface area contributed by atoms with Crippen molar-refractivity contribution in [1.82, 2.24) is 4.31 Å². The predicted molar refractivity (Wildman–Crippen MR) is 87.9 cm³/mol. The van der Waals surface area contributed by atoms with Crippen LogP contribution in [0.2, 0.25) is 0 Å². The Labute approximate surface area is 149 Å². The number of piperidine rings is 1. The van der Waals surface area contributed by atoms with Crippen LogP contribution in [0.15, 0.2) is 47.4 Å². The summed E-state index contributed by atoms with van der Waals surface area (Å²) in [5.41, 5.74) is 0.407. The molecule has 0 aliphatic carbocycles. The molecule has 4 rings (SSSR count). The van der Waals surface area contributed by atoms with E-state index < -0.39 is 38.1 Å². The van der Waals surface area contributed by atoms with Crippen LogP contribution in [-0.2, 0) is 20.4 Å². The van der Waals surface area contributed by atoms with Gasteiger partial charge >= 0.3 is 5.97 Å². The van der Waals surface area contributed by atoms with Crippen LogP contribution < -0.4 is 0 Å². The Kier molecular flexibility index (Phi) is 3.85. The second kappa shape index (κ2) is 5.85. The van der Waals surface area contributed by atoms with Gasteiger partial charge in [-0.25, -0.2) is 22.0 Å². The van der Waals surface area contributed by atoms with Gasteiger partial charge in [0, 0.05) is 37.6 Å². The van der Waals surface area contributed by atoms with Crippen LogP contribution in [0, 0.1) is 11.6 Å². The predicted octanol–water partition coefficient (Wildman–Crippen LogP) is 2.82. The second-order valence-electron chi connectivity index (χ2n) is 6.41. The highest BCUT2D eigenvalue weighted by atomic mass is 32.2. The van der Waals surface area contributed by atoms with Crippen LogP contribution >= 0.6 is 0 Å². The van der Waals surface area contributed by atoms with Crippen molar-refractivity contribution in [1.29, 1.82) is 0 Å². The molecule has 1 saturated heterocycles. The quantitative estimate of drug-likeness (QED) is 0.753. The lowest BCUT2D eigenvalue weighted by molar-refractivity contribution is -0.0329. The molecule has 0 unspecified atom stereocenters. The van der Waals surface area contributed by atoms with Crippen molar-refractivity contribution in [2.24, 2.45) is 0 Å². The van der Waals surface area contributed by atoms with Crippen molar-refractivity contribution < 1.29 is 26.7 Å². The Hall–Kier alpha value is -2.32. The summed E-state index contributed by atoms with van der Waals surface area (Å²) in [5, 5.41) is 0. The van der Waals surface area contributed by atoms with Crippen molar-refractivity contribution in [3.63, 3.8) is 0 Å². The van der Waals surface area contributed by atoms with Crippen molar-refractivity contribution in [3.05, 3.63) is 65.2 Å². The fraction of sp³-hybridized carbons (Fsp3) is 0.278. The Morgan fingerprint density at radius 2 is 1.73 bits per heavy atom. The maximum absolute atomic E-state index is 13.9. The largest absolute Gasteiger partial charge is 0.450 e. The maximum atomic E-state index is 13.9. The van der Waals surface area contributed by atoms with Gasteiger partial charge in [0.25, 0.3) is 0 Å². The van der Waals surface area contributed by atoms with E-state index >= 15 is 0 Å². The summed E-state index contributed by atoms with van der Waals surface area (Å²) in [6.45, 7) is 0.140. The minimum absolute atomic E-state index is 0.0702. The molecule has 8 heteroatoms. The molecule has 0 bridgehead atoms. The molecule has 0 saturated carbocycles.